The number of hydrogen-bond donors (Lipinski definition) is 1. The molecule has 0 fully saturated rings. The Hall–Kier alpha value is -2.36. The largest absolute Gasteiger partial charge is 0.378 e. The molecule has 3 aromatic rings. The van der Waals surface area contributed by atoms with Gasteiger partial charge in [-0.05, 0) is 24.3 Å². The maximum absolute atomic E-state index is 4.52. The monoisotopic (exact) mass is 238 g/mol. The summed E-state index contributed by atoms with van der Waals surface area (Å²) in [7, 11) is 2.01. The van der Waals surface area contributed by atoms with E-state index in [0.29, 0.717) is 6.54 Å². The molecule has 3 rings (SSSR count). The summed E-state index contributed by atoms with van der Waals surface area (Å²) in [6.07, 6.45) is 1.77. The first kappa shape index (κ1) is 10.8. The standard InChI is InChI=1S/C14H14N4/c1-18-12-8-5-9-15-14(12)17-13(18)10-16-11-6-3-2-4-7-11/h2-9,16H,10H2,1H3. The number of para-hydroxylation sites is 1. The molecule has 0 aliphatic heterocycles. The van der Waals surface area contributed by atoms with Crippen molar-refractivity contribution in [1.82, 2.24) is 14.5 Å². The van der Waals surface area contributed by atoms with Crippen molar-refractivity contribution in [3.8, 4) is 0 Å². The van der Waals surface area contributed by atoms with Crippen molar-refractivity contribution in [2.75, 3.05) is 5.32 Å². The van der Waals surface area contributed by atoms with Crippen molar-refractivity contribution in [3.63, 3.8) is 0 Å². The number of aromatic nitrogens is 3. The van der Waals surface area contributed by atoms with Gasteiger partial charge in [0.1, 0.15) is 5.82 Å². The molecule has 4 nitrogen and oxygen atoms in total. The van der Waals surface area contributed by atoms with Crippen LogP contribution in [-0.4, -0.2) is 14.5 Å². The molecule has 2 heterocycles. The zero-order chi connectivity index (χ0) is 12.4. The van der Waals surface area contributed by atoms with Crippen molar-refractivity contribution in [3.05, 3.63) is 54.5 Å². The summed E-state index contributed by atoms with van der Waals surface area (Å²) >= 11 is 0. The summed E-state index contributed by atoms with van der Waals surface area (Å²) in [6.45, 7) is 0.691. The van der Waals surface area contributed by atoms with Crippen LogP contribution in [-0.2, 0) is 13.6 Å². The molecule has 1 N–H and O–H groups in total. The third kappa shape index (κ3) is 1.93. The van der Waals surface area contributed by atoms with E-state index in [1.165, 1.54) is 0 Å². The number of benzene rings is 1. The number of fused-ring (bicyclic) bond motifs is 1. The number of rotatable bonds is 3. The third-order valence-electron chi connectivity index (χ3n) is 2.97. The molecule has 2 aromatic heterocycles. The molecular formula is C14H14N4. The van der Waals surface area contributed by atoms with Gasteiger partial charge < -0.3 is 9.88 Å². The van der Waals surface area contributed by atoms with E-state index < -0.39 is 0 Å². The van der Waals surface area contributed by atoms with Crippen LogP contribution >= 0.6 is 0 Å². The molecule has 0 unspecified atom stereocenters. The number of imidazole rings is 1. The molecule has 0 aliphatic carbocycles. The Morgan fingerprint density at radius 1 is 1.11 bits per heavy atom. The van der Waals surface area contributed by atoms with Gasteiger partial charge in [-0.15, -0.1) is 0 Å². The molecule has 0 amide bonds. The van der Waals surface area contributed by atoms with Crippen molar-refractivity contribution >= 4 is 16.9 Å². The maximum atomic E-state index is 4.52. The topological polar surface area (TPSA) is 42.7 Å². The second kappa shape index (κ2) is 4.49. The van der Waals surface area contributed by atoms with Gasteiger partial charge in [0.15, 0.2) is 5.65 Å². The van der Waals surface area contributed by atoms with Crippen LogP contribution in [0.25, 0.3) is 11.2 Å². The minimum absolute atomic E-state index is 0.691. The maximum Gasteiger partial charge on any atom is 0.177 e. The molecule has 1 aromatic carbocycles. The quantitative estimate of drug-likeness (QED) is 0.762. The highest BCUT2D eigenvalue weighted by Gasteiger charge is 2.07. The second-order valence-corrected chi connectivity index (χ2v) is 4.15. The highest BCUT2D eigenvalue weighted by atomic mass is 15.1. The fourth-order valence-electron chi connectivity index (χ4n) is 1.97. The number of anilines is 1. The van der Waals surface area contributed by atoms with Gasteiger partial charge in [-0.3, -0.25) is 0 Å². The minimum atomic E-state index is 0.691. The van der Waals surface area contributed by atoms with Crippen LogP contribution < -0.4 is 5.32 Å². The summed E-state index contributed by atoms with van der Waals surface area (Å²) < 4.78 is 2.07. The highest BCUT2D eigenvalue weighted by Crippen LogP contribution is 2.13. The van der Waals surface area contributed by atoms with E-state index >= 15 is 0 Å². The van der Waals surface area contributed by atoms with E-state index in [1.807, 2.05) is 49.5 Å². The summed E-state index contributed by atoms with van der Waals surface area (Å²) in [5, 5.41) is 3.35. The van der Waals surface area contributed by atoms with Crippen LogP contribution in [0.15, 0.2) is 48.7 Å². The van der Waals surface area contributed by atoms with Crippen LogP contribution in [0.4, 0.5) is 5.69 Å². The SMILES string of the molecule is Cn1c(CNc2ccccc2)nc2ncccc21. The number of nitrogens with zero attached hydrogens (tertiary/aromatic N) is 3. The molecule has 4 heteroatoms. The van der Waals surface area contributed by atoms with Crippen LogP contribution in [0.3, 0.4) is 0 Å². The van der Waals surface area contributed by atoms with Gasteiger partial charge in [0.2, 0.25) is 0 Å². The van der Waals surface area contributed by atoms with Gasteiger partial charge in [0, 0.05) is 18.9 Å². The van der Waals surface area contributed by atoms with E-state index in [1.54, 1.807) is 6.20 Å². The molecule has 0 saturated carbocycles. The fraction of sp³-hybridized carbons (Fsp3) is 0.143. The molecule has 90 valence electrons. The number of hydrogen-bond acceptors (Lipinski definition) is 3. The van der Waals surface area contributed by atoms with Crippen molar-refractivity contribution in [2.24, 2.45) is 7.05 Å². The first-order valence-corrected chi connectivity index (χ1v) is 5.90. The van der Waals surface area contributed by atoms with E-state index in [2.05, 4.69) is 19.9 Å². The predicted octanol–water partition coefficient (Wildman–Crippen LogP) is 2.58. The van der Waals surface area contributed by atoms with E-state index in [4.69, 9.17) is 0 Å². The lowest BCUT2D eigenvalue weighted by Gasteiger charge is -2.05. The predicted molar refractivity (Wildman–Crippen MR) is 72.3 cm³/mol. The molecule has 0 aliphatic rings. The Morgan fingerprint density at radius 2 is 1.94 bits per heavy atom. The van der Waals surface area contributed by atoms with Crippen LogP contribution in [0, 0.1) is 0 Å². The lowest BCUT2D eigenvalue weighted by Crippen LogP contribution is -2.05. The molecular weight excluding hydrogens is 224 g/mol. The van der Waals surface area contributed by atoms with E-state index in [-0.39, 0.29) is 0 Å². The Kier molecular flexibility index (Phi) is 2.68. The van der Waals surface area contributed by atoms with Gasteiger partial charge in [0.05, 0.1) is 12.1 Å². The highest BCUT2D eigenvalue weighted by molar-refractivity contribution is 5.71. The third-order valence-corrected chi connectivity index (χ3v) is 2.97. The molecule has 0 saturated heterocycles. The molecule has 0 radical (unpaired) electrons. The Bertz CT molecular complexity index is 658. The summed E-state index contributed by atoms with van der Waals surface area (Å²) in [5.41, 5.74) is 2.95. The van der Waals surface area contributed by atoms with Gasteiger partial charge in [0.25, 0.3) is 0 Å². The number of pyridine rings is 1. The Labute approximate surface area is 105 Å². The fourth-order valence-corrected chi connectivity index (χ4v) is 1.97. The Morgan fingerprint density at radius 3 is 2.72 bits per heavy atom. The van der Waals surface area contributed by atoms with Gasteiger partial charge in [-0.2, -0.15) is 0 Å². The average Bonchev–Trinajstić information content (AvgIpc) is 2.75. The zero-order valence-corrected chi connectivity index (χ0v) is 10.2. The van der Waals surface area contributed by atoms with Crippen LogP contribution in [0.5, 0.6) is 0 Å². The molecule has 0 atom stereocenters. The summed E-state index contributed by atoms with van der Waals surface area (Å²) in [4.78, 5) is 8.77. The van der Waals surface area contributed by atoms with E-state index in [9.17, 15) is 0 Å². The van der Waals surface area contributed by atoms with Gasteiger partial charge in [-0.25, -0.2) is 9.97 Å². The zero-order valence-electron chi connectivity index (χ0n) is 10.2. The second-order valence-electron chi connectivity index (χ2n) is 4.15. The summed E-state index contributed by atoms with van der Waals surface area (Å²) in [6, 6.07) is 14.1. The number of nitrogens with one attached hydrogen (secondary N) is 1. The van der Waals surface area contributed by atoms with Crippen molar-refractivity contribution in [2.45, 2.75) is 6.54 Å². The van der Waals surface area contributed by atoms with E-state index in [0.717, 1.165) is 22.7 Å². The lowest BCUT2D eigenvalue weighted by atomic mass is 10.3. The smallest absolute Gasteiger partial charge is 0.177 e. The first-order valence-electron chi connectivity index (χ1n) is 5.90. The van der Waals surface area contributed by atoms with Crippen LogP contribution in [0.2, 0.25) is 0 Å². The molecule has 18 heavy (non-hydrogen) atoms. The summed E-state index contributed by atoms with van der Waals surface area (Å²) in [5.74, 6) is 0.979. The molecule has 0 bridgehead atoms. The lowest BCUT2D eigenvalue weighted by molar-refractivity contribution is 0.834. The van der Waals surface area contributed by atoms with Crippen molar-refractivity contribution in [1.29, 1.82) is 0 Å². The number of aryl methyl sites for hydroxylation is 1. The Balaban J connectivity index is 1.85. The van der Waals surface area contributed by atoms with Gasteiger partial charge in [-0.1, -0.05) is 18.2 Å². The van der Waals surface area contributed by atoms with Gasteiger partial charge >= 0.3 is 0 Å². The molecule has 0 spiro atoms. The minimum Gasteiger partial charge on any atom is -0.378 e. The average molecular weight is 238 g/mol. The van der Waals surface area contributed by atoms with Crippen LogP contribution in [0.1, 0.15) is 5.82 Å². The normalized spacial score (nSPS) is 10.7. The van der Waals surface area contributed by atoms with Crippen molar-refractivity contribution < 1.29 is 0 Å². The first-order chi connectivity index (χ1) is 8.84.